The lowest BCUT2D eigenvalue weighted by atomic mass is 10.1. The van der Waals surface area contributed by atoms with Crippen molar-refractivity contribution in [3.8, 4) is 0 Å². The highest BCUT2D eigenvalue weighted by atomic mass is 32.2. The van der Waals surface area contributed by atoms with E-state index in [-0.39, 0.29) is 5.82 Å². The molecule has 2 aromatic carbocycles. The molecule has 2 N–H and O–H groups in total. The Morgan fingerprint density at radius 3 is 2.80 bits per heavy atom. The highest BCUT2D eigenvalue weighted by Gasteiger charge is 2.12. The second-order valence-electron chi connectivity index (χ2n) is 4.32. The minimum atomic E-state index is -0.208. The molecule has 0 saturated heterocycles. The van der Waals surface area contributed by atoms with Gasteiger partial charge in [0.15, 0.2) is 4.34 Å². The summed E-state index contributed by atoms with van der Waals surface area (Å²) in [7, 11) is 0. The Morgan fingerprint density at radius 1 is 1.15 bits per heavy atom. The van der Waals surface area contributed by atoms with E-state index in [0.717, 1.165) is 20.1 Å². The van der Waals surface area contributed by atoms with Crippen LogP contribution in [0.25, 0.3) is 10.2 Å². The average molecular weight is 304 g/mol. The molecule has 102 valence electrons. The molecule has 0 saturated carbocycles. The molecular formula is C15H13FN2S2. The number of nitrogens with zero attached hydrogens (tertiary/aromatic N) is 1. The van der Waals surface area contributed by atoms with E-state index < -0.39 is 0 Å². The number of halogens is 1. The average Bonchev–Trinajstić information content (AvgIpc) is 2.85. The van der Waals surface area contributed by atoms with Crippen molar-refractivity contribution in [1.82, 2.24) is 4.98 Å². The highest BCUT2D eigenvalue weighted by molar-refractivity contribution is 8.01. The summed E-state index contributed by atoms with van der Waals surface area (Å²) in [4.78, 5) is 5.17. The first-order chi connectivity index (χ1) is 9.78. The number of aromatic nitrogens is 1. The van der Waals surface area contributed by atoms with Gasteiger partial charge in [-0.3, -0.25) is 0 Å². The highest BCUT2D eigenvalue weighted by Crippen LogP contribution is 2.37. The van der Waals surface area contributed by atoms with Crippen LogP contribution in [-0.4, -0.2) is 11.5 Å². The van der Waals surface area contributed by atoms with Crippen LogP contribution in [-0.2, 0) is 6.42 Å². The van der Waals surface area contributed by atoms with Crippen molar-refractivity contribution in [2.24, 2.45) is 5.73 Å². The van der Waals surface area contributed by atoms with Gasteiger partial charge >= 0.3 is 0 Å². The van der Waals surface area contributed by atoms with E-state index in [9.17, 15) is 4.39 Å². The van der Waals surface area contributed by atoms with Gasteiger partial charge in [-0.25, -0.2) is 9.37 Å². The van der Waals surface area contributed by atoms with E-state index in [2.05, 4.69) is 4.98 Å². The molecule has 5 heteroatoms. The number of hydrogen-bond acceptors (Lipinski definition) is 4. The molecule has 0 fully saturated rings. The van der Waals surface area contributed by atoms with Crippen molar-refractivity contribution >= 4 is 33.3 Å². The smallest absolute Gasteiger partial charge is 0.156 e. The molecule has 20 heavy (non-hydrogen) atoms. The minimum absolute atomic E-state index is 0.208. The van der Waals surface area contributed by atoms with Gasteiger partial charge in [0.1, 0.15) is 5.82 Å². The number of nitrogens with two attached hydrogens (primary N) is 1. The van der Waals surface area contributed by atoms with E-state index in [4.69, 9.17) is 5.73 Å². The maximum absolute atomic E-state index is 14.0. The summed E-state index contributed by atoms with van der Waals surface area (Å²) in [6.45, 7) is 0.511. The largest absolute Gasteiger partial charge is 0.330 e. The van der Waals surface area contributed by atoms with Crippen molar-refractivity contribution in [2.45, 2.75) is 15.7 Å². The molecule has 0 aliphatic heterocycles. The van der Waals surface area contributed by atoms with E-state index in [1.807, 2.05) is 30.3 Å². The van der Waals surface area contributed by atoms with Gasteiger partial charge in [-0.1, -0.05) is 36.0 Å². The number of rotatable bonds is 4. The first-order valence-corrected chi connectivity index (χ1v) is 7.92. The van der Waals surface area contributed by atoms with Crippen LogP contribution < -0.4 is 5.73 Å². The Balaban J connectivity index is 1.97. The maximum Gasteiger partial charge on any atom is 0.156 e. The summed E-state index contributed by atoms with van der Waals surface area (Å²) in [5.74, 6) is -0.208. The van der Waals surface area contributed by atoms with Crippen LogP contribution in [0.2, 0.25) is 0 Å². The van der Waals surface area contributed by atoms with Gasteiger partial charge in [0, 0.05) is 0 Å². The van der Waals surface area contributed by atoms with E-state index >= 15 is 0 Å². The van der Waals surface area contributed by atoms with Crippen molar-refractivity contribution < 1.29 is 4.39 Å². The van der Waals surface area contributed by atoms with Crippen LogP contribution in [0.3, 0.4) is 0 Å². The van der Waals surface area contributed by atoms with Gasteiger partial charge in [-0.2, -0.15) is 0 Å². The standard InChI is InChI=1S/C15H13FN2S2/c16-11-5-3-4-10(8-9-17)14(11)20-15-18-12-6-1-2-7-13(12)19-15/h1-7H,8-9,17H2. The minimum Gasteiger partial charge on any atom is -0.330 e. The fourth-order valence-electron chi connectivity index (χ4n) is 2.00. The Labute approximate surface area is 124 Å². The number of benzene rings is 2. The van der Waals surface area contributed by atoms with Gasteiger partial charge in [0.2, 0.25) is 0 Å². The van der Waals surface area contributed by atoms with Gasteiger partial charge in [0.05, 0.1) is 15.1 Å². The van der Waals surface area contributed by atoms with Crippen molar-refractivity contribution in [1.29, 1.82) is 0 Å². The Bertz CT molecular complexity index is 707. The van der Waals surface area contributed by atoms with Crippen LogP contribution in [0.1, 0.15) is 5.56 Å². The Hall–Kier alpha value is -1.43. The summed E-state index contributed by atoms with van der Waals surface area (Å²) < 4.78 is 16.0. The lowest BCUT2D eigenvalue weighted by Gasteiger charge is -2.07. The number of hydrogen-bond donors (Lipinski definition) is 1. The summed E-state index contributed by atoms with van der Waals surface area (Å²) in [5, 5.41) is 0. The normalized spacial score (nSPS) is 11.1. The topological polar surface area (TPSA) is 38.9 Å². The van der Waals surface area contributed by atoms with Crippen molar-refractivity contribution in [3.05, 3.63) is 53.8 Å². The monoisotopic (exact) mass is 304 g/mol. The van der Waals surface area contributed by atoms with Crippen LogP contribution in [0, 0.1) is 5.82 Å². The molecule has 0 amide bonds. The molecule has 0 unspecified atom stereocenters. The van der Waals surface area contributed by atoms with Crippen LogP contribution in [0.4, 0.5) is 4.39 Å². The van der Waals surface area contributed by atoms with Gasteiger partial charge in [-0.15, -0.1) is 11.3 Å². The molecule has 0 atom stereocenters. The molecule has 0 spiro atoms. The molecule has 3 rings (SSSR count). The van der Waals surface area contributed by atoms with Gasteiger partial charge < -0.3 is 5.73 Å². The summed E-state index contributed by atoms with van der Waals surface area (Å²) in [6.07, 6.45) is 0.672. The second-order valence-corrected chi connectivity index (χ2v) is 6.60. The third-order valence-corrected chi connectivity index (χ3v) is 5.18. The van der Waals surface area contributed by atoms with Crippen LogP contribution in [0.15, 0.2) is 51.7 Å². The SMILES string of the molecule is NCCc1cccc(F)c1Sc1nc2ccccc2s1. The third-order valence-electron chi connectivity index (χ3n) is 2.93. The first kappa shape index (κ1) is 13.5. The Morgan fingerprint density at radius 2 is 2.00 bits per heavy atom. The number of thiazole rings is 1. The van der Waals surface area contributed by atoms with E-state index in [1.165, 1.54) is 17.8 Å². The second kappa shape index (κ2) is 5.91. The lowest BCUT2D eigenvalue weighted by Crippen LogP contribution is -2.04. The van der Waals surface area contributed by atoms with Gasteiger partial charge in [-0.05, 0) is 36.7 Å². The fourth-order valence-corrected chi connectivity index (χ4v) is 4.17. The maximum atomic E-state index is 14.0. The predicted molar refractivity (Wildman–Crippen MR) is 82.9 cm³/mol. The zero-order valence-corrected chi connectivity index (χ0v) is 12.3. The van der Waals surface area contributed by atoms with Crippen LogP contribution in [0.5, 0.6) is 0 Å². The number of fused-ring (bicyclic) bond motifs is 1. The van der Waals surface area contributed by atoms with Crippen LogP contribution >= 0.6 is 23.1 Å². The zero-order valence-electron chi connectivity index (χ0n) is 10.7. The molecule has 0 aliphatic carbocycles. The molecule has 1 aromatic heterocycles. The molecular weight excluding hydrogens is 291 g/mol. The quantitative estimate of drug-likeness (QED) is 0.789. The predicted octanol–water partition coefficient (Wildman–Crippen LogP) is 4.09. The van der Waals surface area contributed by atoms with Gasteiger partial charge in [0.25, 0.3) is 0 Å². The molecule has 1 heterocycles. The zero-order chi connectivity index (χ0) is 13.9. The van der Waals surface area contributed by atoms with E-state index in [0.29, 0.717) is 17.9 Å². The summed E-state index contributed by atoms with van der Waals surface area (Å²) in [6, 6.07) is 13.1. The number of para-hydroxylation sites is 1. The molecule has 0 aliphatic rings. The molecule has 3 aromatic rings. The summed E-state index contributed by atoms with van der Waals surface area (Å²) in [5.41, 5.74) is 7.49. The first-order valence-electron chi connectivity index (χ1n) is 6.29. The van der Waals surface area contributed by atoms with Crippen molar-refractivity contribution in [3.63, 3.8) is 0 Å². The van der Waals surface area contributed by atoms with Crippen molar-refractivity contribution in [2.75, 3.05) is 6.54 Å². The Kier molecular flexibility index (Phi) is 4.00. The fraction of sp³-hybridized carbons (Fsp3) is 0.133. The third kappa shape index (κ3) is 2.70. The van der Waals surface area contributed by atoms with E-state index in [1.54, 1.807) is 17.4 Å². The lowest BCUT2D eigenvalue weighted by molar-refractivity contribution is 0.597. The molecule has 0 bridgehead atoms. The molecule has 0 radical (unpaired) electrons. The molecule has 2 nitrogen and oxygen atoms in total. The summed E-state index contributed by atoms with van der Waals surface area (Å²) >= 11 is 2.96.